The number of pyridine rings is 1. The van der Waals surface area contributed by atoms with Crippen LogP contribution in [0.1, 0.15) is 11.3 Å². The molecule has 25 heavy (non-hydrogen) atoms. The highest BCUT2D eigenvalue weighted by Gasteiger charge is 2.06. The maximum absolute atomic E-state index is 4.44. The highest BCUT2D eigenvalue weighted by Crippen LogP contribution is 2.26. The van der Waals surface area contributed by atoms with Crippen LogP contribution in [0.25, 0.3) is 22.0 Å². The number of hydrogen-bond acceptors (Lipinski definition) is 4. The van der Waals surface area contributed by atoms with E-state index >= 15 is 0 Å². The van der Waals surface area contributed by atoms with E-state index in [-0.39, 0.29) is 0 Å². The maximum Gasteiger partial charge on any atom is 0.137 e. The summed E-state index contributed by atoms with van der Waals surface area (Å²) in [6.07, 6.45) is 3.44. The molecule has 0 fully saturated rings. The Balaban J connectivity index is 1.66. The van der Waals surface area contributed by atoms with Gasteiger partial charge in [0.2, 0.25) is 0 Å². The van der Waals surface area contributed by atoms with Crippen LogP contribution in [-0.2, 0) is 6.54 Å². The summed E-state index contributed by atoms with van der Waals surface area (Å²) >= 11 is 0. The van der Waals surface area contributed by atoms with E-state index in [1.807, 2.05) is 37.4 Å². The van der Waals surface area contributed by atoms with E-state index in [4.69, 9.17) is 0 Å². The van der Waals surface area contributed by atoms with Gasteiger partial charge in [-0.05, 0) is 47.9 Å². The van der Waals surface area contributed by atoms with Gasteiger partial charge in [-0.2, -0.15) is 0 Å². The Bertz CT molecular complexity index is 1010. The molecule has 2 heterocycles. The van der Waals surface area contributed by atoms with Crippen molar-refractivity contribution in [2.24, 2.45) is 0 Å². The minimum absolute atomic E-state index is 0.734. The molecule has 0 spiro atoms. The molecule has 1 N–H and O–H groups in total. The van der Waals surface area contributed by atoms with Crippen molar-refractivity contribution >= 4 is 16.7 Å². The number of rotatable bonds is 4. The molecular weight excluding hydrogens is 308 g/mol. The van der Waals surface area contributed by atoms with Crippen molar-refractivity contribution in [1.29, 1.82) is 0 Å². The number of benzene rings is 2. The van der Waals surface area contributed by atoms with Gasteiger partial charge in [0.1, 0.15) is 12.1 Å². The van der Waals surface area contributed by atoms with Crippen LogP contribution in [0.4, 0.5) is 5.82 Å². The molecule has 4 rings (SSSR count). The SMILES string of the molecule is Cc1cc(-c2ccc3c(NCc4ccccc4)ncnc3c2)ccn1. The zero-order valence-electron chi connectivity index (χ0n) is 14.0. The third kappa shape index (κ3) is 3.33. The van der Waals surface area contributed by atoms with Crippen molar-refractivity contribution in [3.05, 3.63) is 84.4 Å². The van der Waals surface area contributed by atoms with Gasteiger partial charge in [-0.15, -0.1) is 0 Å². The monoisotopic (exact) mass is 326 g/mol. The van der Waals surface area contributed by atoms with Gasteiger partial charge in [0.25, 0.3) is 0 Å². The Kier molecular flexibility index (Phi) is 4.09. The molecule has 0 bridgehead atoms. The summed E-state index contributed by atoms with van der Waals surface area (Å²) in [5, 5.41) is 4.43. The number of anilines is 1. The van der Waals surface area contributed by atoms with Gasteiger partial charge in [0.05, 0.1) is 5.52 Å². The zero-order chi connectivity index (χ0) is 17.1. The van der Waals surface area contributed by atoms with Crippen molar-refractivity contribution in [2.75, 3.05) is 5.32 Å². The second kappa shape index (κ2) is 6.69. The van der Waals surface area contributed by atoms with Gasteiger partial charge < -0.3 is 5.32 Å². The van der Waals surface area contributed by atoms with Gasteiger partial charge in [0, 0.05) is 23.8 Å². The van der Waals surface area contributed by atoms with Gasteiger partial charge in [-0.1, -0.05) is 36.4 Å². The predicted octanol–water partition coefficient (Wildman–Crippen LogP) is 4.61. The lowest BCUT2D eigenvalue weighted by atomic mass is 10.0. The fraction of sp³-hybridized carbons (Fsp3) is 0.0952. The van der Waals surface area contributed by atoms with Crippen molar-refractivity contribution < 1.29 is 0 Å². The highest BCUT2D eigenvalue weighted by molar-refractivity contribution is 5.91. The quantitative estimate of drug-likeness (QED) is 0.595. The van der Waals surface area contributed by atoms with Crippen LogP contribution in [0.2, 0.25) is 0 Å². The smallest absolute Gasteiger partial charge is 0.137 e. The summed E-state index contributed by atoms with van der Waals surface area (Å²) in [6, 6.07) is 20.7. The van der Waals surface area contributed by atoms with E-state index in [0.29, 0.717) is 0 Å². The molecule has 0 aliphatic carbocycles. The summed E-state index contributed by atoms with van der Waals surface area (Å²) in [7, 11) is 0. The lowest BCUT2D eigenvalue weighted by molar-refractivity contribution is 1.10. The molecule has 0 unspecified atom stereocenters. The number of fused-ring (bicyclic) bond motifs is 1. The fourth-order valence-corrected chi connectivity index (χ4v) is 2.88. The normalized spacial score (nSPS) is 10.8. The summed E-state index contributed by atoms with van der Waals surface area (Å²) < 4.78 is 0. The molecular formula is C21H18N4. The summed E-state index contributed by atoms with van der Waals surface area (Å²) in [5.74, 6) is 0.853. The summed E-state index contributed by atoms with van der Waals surface area (Å²) in [5.41, 5.74) is 5.43. The van der Waals surface area contributed by atoms with Crippen molar-refractivity contribution in [3.8, 4) is 11.1 Å². The first-order valence-corrected chi connectivity index (χ1v) is 8.25. The second-order valence-corrected chi connectivity index (χ2v) is 5.98. The van der Waals surface area contributed by atoms with Crippen molar-refractivity contribution in [3.63, 3.8) is 0 Å². The zero-order valence-corrected chi connectivity index (χ0v) is 14.0. The van der Waals surface area contributed by atoms with E-state index in [1.165, 1.54) is 5.56 Å². The van der Waals surface area contributed by atoms with Gasteiger partial charge in [0.15, 0.2) is 0 Å². The Morgan fingerprint density at radius 1 is 0.840 bits per heavy atom. The van der Waals surface area contributed by atoms with E-state index in [2.05, 4.69) is 56.7 Å². The van der Waals surface area contributed by atoms with Crippen LogP contribution in [0, 0.1) is 6.92 Å². The minimum Gasteiger partial charge on any atom is -0.365 e. The first-order chi connectivity index (χ1) is 12.3. The minimum atomic E-state index is 0.734. The molecule has 0 radical (unpaired) electrons. The van der Waals surface area contributed by atoms with Crippen LogP contribution < -0.4 is 5.32 Å². The number of nitrogens with one attached hydrogen (secondary N) is 1. The maximum atomic E-state index is 4.44. The largest absolute Gasteiger partial charge is 0.365 e. The molecule has 0 aliphatic heterocycles. The number of hydrogen-bond donors (Lipinski definition) is 1. The average Bonchev–Trinajstić information content (AvgIpc) is 2.66. The molecule has 0 amide bonds. The molecule has 0 atom stereocenters. The first-order valence-electron chi connectivity index (χ1n) is 8.25. The number of aryl methyl sites for hydroxylation is 1. The average molecular weight is 326 g/mol. The fourth-order valence-electron chi connectivity index (χ4n) is 2.88. The third-order valence-corrected chi connectivity index (χ3v) is 4.17. The number of aromatic nitrogens is 3. The highest BCUT2D eigenvalue weighted by atomic mass is 15.0. The molecule has 2 aromatic heterocycles. The Morgan fingerprint density at radius 2 is 1.68 bits per heavy atom. The standard InChI is InChI=1S/C21H18N4/c1-15-11-18(9-10-22-15)17-7-8-19-20(12-17)24-14-25-21(19)23-13-16-5-3-2-4-6-16/h2-12,14H,13H2,1H3,(H,23,24,25). The van der Waals surface area contributed by atoms with Gasteiger partial charge in [-0.25, -0.2) is 9.97 Å². The molecule has 4 heteroatoms. The molecule has 4 aromatic rings. The third-order valence-electron chi connectivity index (χ3n) is 4.17. The van der Waals surface area contributed by atoms with Crippen LogP contribution in [0.3, 0.4) is 0 Å². The van der Waals surface area contributed by atoms with Gasteiger partial charge in [-0.3, -0.25) is 4.98 Å². The molecule has 122 valence electrons. The van der Waals surface area contributed by atoms with E-state index in [1.54, 1.807) is 6.33 Å². The molecule has 0 saturated heterocycles. The molecule has 2 aromatic carbocycles. The molecule has 4 nitrogen and oxygen atoms in total. The van der Waals surface area contributed by atoms with Crippen molar-refractivity contribution in [2.45, 2.75) is 13.5 Å². The van der Waals surface area contributed by atoms with E-state index < -0.39 is 0 Å². The number of nitrogens with zero attached hydrogens (tertiary/aromatic N) is 3. The van der Waals surface area contributed by atoms with Gasteiger partial charge >= 0.3 is 0 Å². The Labute approximate surface area is 146 Å². The predicted molar refractivity (Wildman–Crippen MR) is 101 cm³/mol. The lowest BCUT2D eigenvalue weighted by Gasteiger charge is -2.10. The molecule has 0 aliphatic rings. The lowest BCUT2D eigenvalue weighted by Crippen LogP contribution is -2.02. The Hall–Kier alpha value is -3.27. The van der Waals surface area contributed by atoms with E-state index in [9.17, 15) is 0 Å². The summed E-state index contributed by atoms with van der Waals surface area (Å²) in [4.78, 5) is 13.1. The second-order valence-electron chi connectivity index (χ2n) is 5.98. The Morgan fingerprint density at radius 3 is 2.52 bits per heavy atom. The first kappa shape index (κ1) is 15.3. The molecule has 0 saturated carbocycles. The van der Waals surface area contributed by atoms with Crippen LogP contribution in [0.5, 0.6) is 0 Å². The van der Waals surface area contributed by atoms with Crippen LogP contribution >= 0.6 is 0 Å². The summed E-state index contributed by atoms with van der Waals surface area (Å²) in [6.45, 7) is 2.73. The van der Waals surface area contributed by atoms with Crippen molar-refractivity contribution in [1.82, 2.24) is 15.0 Å². The van der Waals surface area contributed by atoms with Crippen LogP contribution in [0.15, 0.2) is 73.2 Å². The van der Waals surface area contributed by atoms with Crippen LogP contribution in [-0.4, -0.2) is 15.0 Å². The topological polar surface area (TPSA) is 50.7 Å². The van der Waals surface area contributed by atoms with E-state index in [0.717, 1.165) is 40.1 Å².